The predicted octanol–water partition coefficient (Wildman–Crippen LogP) is 5.95. The van der Waals surface area contributed by atoms with Gasteiger partial charge in [-0.1, -0.05) is 37.3 Å². The van der Waals surface area contributed by atoms with Crippen LogP contribution in [0.25, 0.3) is 0 Å². The molecule has 4 rings (SSSR count). The monoisotopic (exact) mass is 439 g/mol. The molecule has 0 bridgehead atoms. The van der Waals surface area contributed by atoms with E-state index in [0.29, 0.717) is 29.5 Å². The molecule has 1 aromatic carbocycles. The first kappa shape index (κ1) is 20.8. The Bertz CT molecular complexity index is 1050. The zero-order valence-electron chi connectivity index (χ0n) is 17.2. The maximum atomic E-state index is 13.1. The molecule has 1 amide bonds. The third-order valence-corrected chi connectivity index (χ3v) is 7.47. The number of carbonyl (C=O) groups is 2. The largest absolute Gasteiger partial charge is 0.462 e. The maximum Gasteiger partial charge on any atom is 0.341 e. The van der Waals surface area contributed by atoms with Gasteiger partial charge >= 0.3 is 5.97 Å². The first-order valence-corrected chi connectivity index (χ1v) is 12.0. The van der Waals surface area contributed by atoms with Crippen LogP contribution in [0.5, 0.6) is 0 Å². The summed E-state index contributed by atoms with van der Waals surface area (Å²) >= 11 is 3.11. The van der Waals surface area contributed by atoms with Crippen LogP contribution in [0.15, 0.2) is 41.8 Å². The van der Waals surface area contributed by atoms with Crippen LogP contribution in [0.3, 0.4) is 0 Å². The summed E-state index contributed by atoms with van der Waals surface area (Å²) in [5.41, 5.74) is 3.51. The number of fused-ring (bicyclic) bond motifs is 1. The summed E-state index contributed by atoms with van der Waals surface area (Å²) in [5.74, 6) is 0.130. The van der Waals surface area contributed by atoms with E-state index in [0.717, 1.165) is 35.3 Å². The molecule has 1 aliphatic carbocycles. The number of rotatable bonds is 6. The number of amides is 1. The Morgan fingerprint density at radius 1 is 1.20 bits per heavy atom. The van der Waals surface area contributed by atoms with Crippen molar-refractivity contribution in [3.05, 3.63) is 73.8 Å². The minimum atomic E-state index is -0.399. The number of anilines is 1. The number of thiophene rings is 2. The standard InChI is InChI=1S/C24H25NO3S2/c1-3-28-24(27)19-13-17(12-16-7-5-4-6-8-16)30-23(19)25-22(26)20-14-29-21-11-15(2)9-10-18(20)21/h4-8,13-15H,3,9-12H2,1-2H3,(H,25,26)/t15-/m0/s1. The molecule has 0 spiro atoms. The molecule has 1 N–H and O–H groups in total. The van der Waals surface area contributed by atoms with E-state index in [2.05, 4.69) is 24.4 Å². The van der Waals surface area contributed by atoms with Gasteiger partial charge in [0.2, 0.25) is 0 Å². The second-order valence-electron chi connectivity index (χ2n) is 7.69. The first-order valence-electron chi connectivity index (χ1n) is 10.3. The van der Waals surface area contributed by atoms with Crippen molar-refractivity contribution in [1.82, 2.24) is 0 Å². The highest BCUT2D eigenvalue weighted by atomic mass is 32.1. The Labute approximate surface area is 184 Å². The average molecular weight is 440 g/mol. The van der Waals surface area contributed by atoms with Gasteiger partial charge in [0.25, 0.3) is 5.91 Å². The molecule has 30 heavy (non-hydrogen) atoms. The molecule has 4 nitrogen and oxygen atoms in total. The lowest BCUT2D eigenvalue weighted by atomic mass is 9.88. The summed E-state index contributed by atoms with van der Waals surface area (Å²) < 4.78 is 5.23. The number of carbonyl (C=O) groups excluding carboxylic acids is 2. The second-order valence-corrected chi connectivity index (χ2v) is 9.79. The van der Waals surface area contributed by atoms with Crippen molar-refractivity contribution in [2.45, 2.75) is 39.5 Å². The molecular formula is C24H25NO3S2. The third kappa shape index (κ3) is 4.50. The van der Waals surface area contributed by atoms with E-state index in [4.69, 9.17) is 4.74 Å². The number of ether oxygens (including phenoxy) is 1. The molecule has 0 radical (unpaired) electrons. The first-order chi connectivity index (χ1) is 14.5. The van der Waals surface area contributed by atoms with Gasteiger partial charge in [-0.15, -0.1) is 22.7 Å². The van der Waals surface area contributed by atoms with Crippen LogP contribution in [-0.4, -0.2) is 18.5 Å². The van der Waals surface area contributed by atoms with Gasteiger partial charge in [-0.3, -0.25) is 4.79 Å². The zero-order valence-corrected chi connectivity index (χ0v) is 18.8. The average Bonchev–Trinajstić information content (AvgIpc) is 3.32. The van der Waals surface area contributed by atoms with Crippen LogP contribution in [0.4, 0.5) is 5.00 Å². The molecular weight excluding hydrogens is 414 g/mol. The van der Waals surface area contributed by atoms with E-state index in [1.165, 1.54) is 21.8 Å². The van der Waals surface area contributed by atoms with Gasteiger partial charge in [-0.05, 0) is 49.3 Å². The molecule has 0 saturated heterocycles. The summed E-state index contributed by atoms with van der Waals surface area (Å²) in [6, 6.07) is 11.9. The fraction of sp³-hybridized carbons (Fsp3) is 0.333. The van der Waals surface area contributed by atoms with Crippen LogP contribution in [0.1, 0.15) is 61.9 Å². The van der Waals surface area contributed by atoms with E-state index in [1.807, 2.05) is 29.6 Å². The fourth-order valence-corrected chi connectivity index (χ4v) is 6.14. The summed E-state index contributed by atoms with van der Waals surface area (Å²) in [7, 11) is 0. The minimum Gasteiger partial charge on any atom is -0.462 e. The lowest BCUT2D eigenvalue weighted by molar-refractivity contribution is 0.0528. The van der Waals surface area contributed by atoms with Crippen molar-refractivity contribution in [2.24, 2.45) is 5.92 Å². The molecule has 0 saturated carbocycles. The molecule has 0 unspecified atom stereocenters. The number of benzene rings is 1. The summed E-state index contributed by atoms with van der Waals surface area (Å²) in [6.07, 6.45) is 3.80. The van der Waals surface area contributed by atoms with Crippen LogP contribution in [-0.2, 0) is 24.0 Å². The van der Waals surface area contributed by atoms with Crippen molar-refractivity contribution in [3.8, 4) is 0 Å². The lowest BCUT2D eigenvalue weighted by Crippen LogP contribution is -2.17. The molecule has 156 valence electrons. The second kappa shape index (κ2) is 9.14. The van der Waals surface area contributed by atoms with E-state index in [-0.39, 0.29) is 5.91 Å². The topological polar surface area (TPSA) is 55.4 Å². The predicted molar refractivity (Wildman–Crippen MR) is 123 cm³/mol. The van der Waals surface area contributed by atoms with Crippen LogP contribution in [0.2, 0.25) is 0 Å². The van der Waals surface area contributed by atoms with Crippen LogP contribution >= 0.6 is 22.7 Å². The number of hydrogen-bond acceptors (Lipinski definition) is 5. The number of esters is 1. The van der Waals surface area contributed by atoms with Crippen LogP contribution < -0.4 is 5.32 Å². The van der Waals surface area contributed by atoms with Crippen molar-refractivity contribution in [1.29, 1.82) is 0 Å². The Hall–Kier alpha value is -2.44. The Kier molecular flexibility index (Phi) is 6.35. The van der Waals surface area contributed by atoms with Gasteiger partial charge in [0.1, 0.15) is 5.00 Å². The zero-order chi connectivity index (χ0) is 21.1. The normalized spacial score (nSPS) is 15.5. The molecule has 1 aliphatic rings. The van der Waals surface area contributed by atoms with Crippen molar-refractivity contribution in [2.75, 3.05) is 11.9 Å². The van der Waals surface area contributed by atoms with Gasteiger partial charge in [-0.2, -0.15) is 0 Å². The maximum absolute atomic E-state index is 13.1. The van der Waals surface area contributed by atoms with Gasteiger partial charge in [0, 0.05) is 21.6 Å². The molecule has 0 aliphatic heterocycles. The highest BCUT2D eigenvalue weighted by Gasteiger charge is 2.25. The Morgan fingerprint density at radius 2 is 2.00 bits per heavy atom. The van der Waals surface area contributed by atoms with Crippen molar-refractivity contribution < 1.29 is 14.3 Å². The van der Waals surface area contributed by atoms with E-state index < -0.39 is 5.97 Å². The lowest BCUT2D eigenvalue weighted by Gasteiger charge is -2.18. The van der Waals surface area contributed by atoms with Gasteiger partial charge in [0.05, 0.1) is 17.7 Å². The molecule has 6 heteroatoms. The van der Waals surface area contributed by atoms with Crippen LogP contribution in [0, 0.1) is 5.92 Å². The molecule has 3 aromatic rings. The van der Waals surface area contributed by atoms with E-state index in [9.17, 15) is 9.59 Å². The Balaban J connectivity index is 1.59. The summed E-state index contributed by atoms with van der Waals surface area (Å²) in [5, 5.41) is 5.53. The van der Waals surface area contributed by atoms with Gasteiger partial charge in [-0.25, -0.2) is 4.79 Å². The molecule has 2 aromatic heterocycles. The van der Waals surface area contributed by atoms with Crippen molar-refractivity contribution in [3.63, 3.8) is 0 Å². The van der Waals surface area contributed by atoms with E-state index >= 15 is 0 Å². The number of hydrogen-bond donors (Lipinski definition) is 1. The highest BCUT2D eigenvalue weighted by Crippen LogP contribution is 2.35. The SMILES string of the molecule is CCOC(=O)c1cc(Cc2ccccc2)sc1NC(=O)c1csc2c1CC[C@H](C)C2. The smallest absolute Gasteiger partial charge is 0.341 e. The fourth-order valence-electron chi connectivity index (χ4n) is 3.82. The quantitative estimate of drug-likeness (QED) is 0.483. The minimum absolute atomic E-state index is 0.138. The van der Waals surface area contributed by atoms with Gasteiger partial charge in [0.15, 0.2) is 0 Å². The highest BCUT2D eigenvalue weighted by molar-refractivity contribution is 7.16. The third-order valence-electron chi connectivity index (χ3n) is 5.37. The van der Waals surface area contributed by atoms with E-state index in [1.54, 1.807) is 18.3 Å². The Morgan fingerprint density at radius 3 is 2.77 bits per heavy atom. The van der Waals surface area contributed by atoms with Crippen molar-refractivity contribution >= 4 is 39.6 Å². The number of nitrogens with one attached hydrogen (secondary N) is 1. The summed E-state index contributed by atoms with van der Waals surface area (Å²) in [6.45, 7) is 4.34. The molecule has 0 fully saturated rings. The molecule has 2 heterocycles. The molecule has 1 atom stereocenters. The summed E-state index contributed by atoms with van der Waals surface area (Å²) in [4.78, 5) is 27.9. The van der Waals surface area contributed by atoms with Gasteiger partial charge < -0.3 is 10.1 Å².